The summed E-state index contributed by atoms with van der Waals surface area (Å²) >= 11 is 5.95. The van der Waals surface area contributed by atoms with E-state index in [0.717, 1.165) is 16.6 Å². The predicted octanol–water partition coefficient (Wildman–Crippen LogP) is 3.53. The zero-order valence-electron chi connectivity index (χ0n) is 10.1. The quantitative estimate of drug-likeness (QED) is 0.663. The summed E-state index contributed by atoms with van der Waals surface area (Å²) < 4.78 is 7.46. The molecule has 2 heterocycles. The van der Waals surface area contributed by atoms with Crippen LogP contribution in [0.2, 0.25) is 0 Å². The Balaban J connectivity index is 2.19. The number of fused-ring (bicyclic) bond motifs is 1. The first kappa shape index (κ1) is 11.3. The second kappa shape index (κ2) is 4.14. The summed E-state index contributed by atoms with van der Waals surface area (Å²) in [6.07, 6.45) is 1.67. The van der Waals surface area contributed by atoms with E-state index in [9.17, 15) is 0 Å². The largest absolute Gasteiger partial charge is 0.437 e. The second-order valence-electron chi connectivity index (χ2n) is 4.17. The monoisotopic (exact) mass is 261 g/mol. The Morgan fingerprint density at radius 2 is 2.11 bits per heavy atom. The minimum atomic E-state index is -0.242. The van der Waals surface area contributed by atoms with Crippen molar-refractivity contribution in [3.05, 3.63) is 36.4 Å². The van der Waals surface area contributed by atoms with Crippen LogP contribution in [0.4, 0.5) is 0 Å². The van der Waals surface area contributed by atoms with Gasteiger partial charge in [-0.15, -0.1) is 11.6 Å². The van der Waals surface area contributed by atoms with Crippen LogP contribution in [0.3, 0.4) is 0 Å². The van der Waals surface area contributed by atoms with E-state index in [1.165, 1.54) is 0 Å². The van der Waals surface area contributed by atoms with Gasteiger partial charge in [0.15, 0.2) is 5.76 Å². The Hall–Kier alpha value is -1.81. The maximum absolute atomic E-state index is 5.95. The van der Waals surface area contributed by atoms with Crippen molar-refractivity contribution in [3.8, 4) is 11.5 Å². The molecular weight excluding hydrogens is 250 g/mol. The minimum absolute atomic E-state index is 0.242. The Kier molecular flexibility index (Phi) is 2.59. The van der Waals surface area contributed by atoms with E-state index in [1.807, 2.05) is 42.9 Å². The van der Waals surface area contributed by atoms with Gasteiger partial charge in [0.05, 0.1) is 11.7 Å². The normalized spacial score (nSPS) is 13.1. The predicted molar refractivity (Wildman–Crippen MR) is 70.5 cm³/mol. The number of nitrogens with zero attached hydrogens (tertiary/aromatic N) is 3. The first-order valence-electron chi connectivity index (χ1n) is 5.68. The molecular formula is C13H12ClN3O. The molecule has 1 unspecified atom stereocenters. The summed E-state index contributed by atoms with van der Waals surface area (Å²) in [4.78, 5) is 4.16. The van der Waals surface area contributed by atoms with Crippen LogP contribution in [-0.2, 0) is 7.05 Å². The molecule has 2 aromatic heterocycles. The molecule has 0 saturated carbocycles. The molecule has 0 radical (unpaired) electrons. The number of halogens is 1. The summed E-state index contributed by atoms with van der Waals surface area (Å²) in [5.41, 5.74) is 1.86. The van der Waals surface area contributed by atoms with Gasteiger partial charge in [0, 0.05) is 12.4 Å². The maximum Gasteiger partial charge on any atom is 0.212 e. The van der Waals surface area contributed by atoms with Crippen molar-refractivity contribution >= 4 is 22.5 Å². The molecule has 0 N–H and O–H groups in total. The Morgan fingerprint density at radius 3 is 2.83 bits per heavy atom. The lowest BCUT2D eigenvalue weighted by atomic mass is 10.2. The highest BCUT2D eigenvalue weighted by atomic mass is 35.5. The molecule has 0 aliphatic carbocycles. The third kappa shape index (κ3) is 1.69. The van der Waals surface area contributed by atoms with Gasteiger partial charge < -0.3 is 4.42 Å². The van der Waals surface area contributed by atoms with Gasteiger partial charge >= 0.3 is 0 Å². The van der Waals surface area contributed by atoms with Crippen LogP contribution in [0.25, 0.3) is 22.4 Å². The highest BCUT2D eigenvalue weighted by Crippen LogP contribution is 2.30. The molecule has 1 atom stereocenters. The van der Waals surface area contributed by atoms with Crippen molar-refractivity contribution in [2.75, 3.05) is 0 Å². The van der Waals surface area contributed by atoms with Crippen molar-refractivity contribution in [2.24, 2.45) is 7.05 Å². The van der Waals surface area contributed by atoms with Crippen LogP contribution < -0.4 is 0 Å². The number of benzene rings is 1. The number of para-hydroxylation sites is 1. The standard InChI is InChI=1S/C13H12ClN3O/c1-8(14)13-15-7-11(18-13)12-9-5-3-4-6-10(9)17(2)16-12/h3-8H,1-2H3. The summed E-state index contributed by atoms with van der Waals surface area (Å²) in [6.45, 7) is 1.83. The zero-order chi connectivity index (χ0) is 12.7. The molecule has 3 aromatic rings. The third-order valence-electron chi connectivity index (χ3n) is 2.86. The molecule has 0 saturated heterocycles. The molecule has 5 heteroatoms. The van der Waals surface area contributed by atoms with E-state index in [2.05, 4.69) is 10.1 Å². The average Bonchev–Trinajstić information content (AvgIpc) is 2.95. The number of alkyl halides is 1. The number of rotatable bonds is 2. The molecule has 0 amide bonds. The first-order chi connectivity index (χ1) is 8.66. The third-order valence-corrected chi connectivity index (χ3v) is 3.04. The van der Waals surface area contributed by atoms with Crippen LogP contribution in [0, 0.1) is 0 Å². The summed E-state index contributed by atoms with van der Waals surface area (Å²) in [7, 11) is 1.91. The molecule has 4 nitrogen and oxygen atoms in total. The number of aryl methyl sites for hydroxylation is 1. The van der Waals surface area contributed by atoms with Gasteiger partial charge in [0.25, 0.3) is 0 Å². The van der Waals surface area contributed by atoms with Crippen molar-refractivity contribution < 1.29 is 4.42 Å². The highest BCUT2D eigenvalue weighted by molar-refractivity contribution is 6.20. The average molecular weight is 262 g/mol. The van der Waals surface area contributed by atoms with Gasteiger partial charge in [-0.25, -0.2) is 4.98 Å². The fourth-order valence-electron chi connectivity index (χ4n) is 1.98. The lowest BCUT2D eigenvalue weighted by Gasteiger charge is -1.94. The van der Waals surface area contributed by atoms with Crippen LogP contribution in [0.5, 0.6) is 0 Å². The lowest BCUT2D eigenvalue weighted by Crippen LogP contribution is -1.88. The number of hydrogen-bond acceptors (Lipinski definition) is 3. The number of aromatic nitrogens is 3. The summed E-state index contributed by atoms with van der Waals surface area (Å²) in [6, 6.07) is 8.01. The van der Waals surface area contributed by atoms with Gasteiger partial charge in [0.2, 0.25) is 5.89 Å². The van der Waals surface area contributed by atoms with Crippen LogP contribution in [0.1, 0.15) is 18.2 Å². The van der Waals surface area contributed by atoms with Crippen molar-refractivity contribution in [3.63, 3.8) is 0 Å². The van der Waals surface area contributed by atoms with E-state index in [0.29, 0.717) is 11.7 Å². The van der Waals surface area contributed by atoms with Gasteiger partial charge in [-0.05, 0) is 13.0 Å². The zero-order valence-corrected chi connectivity index (χ0v) is 10.8. The van der Waals surface area contributed by atoms with Gasteiger partial charge in [-0.1, -0.05) is 18.2 Å². The molecule has 18 heavy (non-hydrogen) atoms. The SMILES string of the molecule is CC(Cl)c1ncc(-c2nn(C)c3ccccc23)o1. The van der Waals surface area contributed by atoms with E-state index >= 15 is 0 Å². The van der Waals surface area contributed by atoms with Gasteiger partial charge in [0.1, 0.15) is 11.1 Å². The topological polar surface area (TPSA) is 43.9 Å². The summed E-state index contributed by atoms with van der Waals surface area (Å²) in [5, 5.41) is 5.28. The molecule has 92 valence electrons. The van der Waals surface area contributed by atoms with Gasteiger partial charge in [-0.2, -0.15) is 5.10 Å². The fourth-order valence-corrected chi connectivity index (χ4v) is 2.08. The lowest BCUT2D eigenvalue weighted by molar-refractivity contribution is 0.506. The van der Waals surface area contributed by atoms with Crippen molar-refractivity contribution in [2.45, 2.75) is 12.3 Å². The van der Waals surface area contributed by atoms with Crippen molar-refractivity contribution in [1.29, 1.82) is 0 Å². The smallest absolute Gasteiger partial charge is 0.212 e. The second-order valence-corrected chi connectivity index (χ2v) is 4.82. The molecule has 0 bridgehead atoms. The Bertz CT molecular complexity index is 699. The van der Waals surface area contributed by atoms with E-state index in [-0.39, 0.29) is 5.38 Å². The fraction of sp³-hybridized carbons (Fsp3) is 0.231. The minimum Gasteiger partial charge on any atom is -0.437 e. The van der Waals surface area contributed by atoms with E-state index in [1.54, 1.807) is 6.20 Å². The maximum atomic E-state index is 5.95. The number of hydrogen-bond donors (Lipinski definition) is 0. The number of oxazole rings is 1. The van der Waals surface area contributed by atoms with Crippen LogP contribution in [-0.4, -0.2) is 14.8 Å². The summed E-state index contributed by atoms with van der Waals surface area (Å²) in [5.74, 6) is 1.16. The molecule has 0 aliphatic rings. The van der Waals surface area contributed by atoms with Crippen LogP contribution >= 0.6 is 11.6 Å². The van der Waals surface area contributed by atoms with Gasteiger partial charge in [-0.3, -0.25) is 4.68 Å². The molecule has 0 fully saturated rings. The molecule has 3 rings (SSSR count). The highest BCUT2D eigenvalue weighted by Gasteiger charge is 2.16. The first-order valence-corrected chi connectivity index (χ1v) is 6.12. The Morgan fingerprint density at radius 1 is 1.33 bits per heavy atom. The molecule has 0 aliphatic heterocycles. The molecule has 0 spiro atoms. The van der Waals surface area contributed by atoms with E-state index in [4.69, 9.17) is 16.0 Å². The molecule has 1 aromatic carbocycles. The van der Waals surface area contributed by atoms with Crippen molar-refractivity contribution in [1.82, 2.24) is 14.8 Å². The van der Waals surface area contributed by atoms with Crippen LogP contribution in [0.15, 0.2) is 34.9 Å². The Labute approximate surface area is 109 Å². The van der Waals surface area contributed by atoms with E-state index < -0.39 is 0 Å².